The van der Waals surface area contributed by atoms with Crippen molar-refractivity contribution in [3.8, 4) is 17.3 Å². The van der Waals surface area contributed by atoms with Crippen molar-refractivity contribution in [1.82, 2.24) is 15.2 Å². The van der Waals surface area contributed by atoms with E-state index in [0.717, 1.165) is 39.2 Å². The van der Waals surface area contributed by atoms with Crippen LogP contribution in [0.4, 0.5) is 0 Å². The molecule has 2 aromatic heterocycles. The highest BCUT2D eigenvalue weighted by molar-refractivity contribution is 6.55. The first-order valence-corrected chi connectivity index (χ1v) is 16.5. The zero-order chi connectivity index (χ0) is 26.6. The second kappa shape index (κ2) is 20.2. The highest BCUT2D eigenvalue weighted by Gasteiger charge is 2.11. The lowest BCUT2D eigenvalue weighted by molar-refractivity contribution is 0.290. The molecule has 37 heavy (non-hydrogen) atoms. The lowest BCUT2D eigenvalue weighted by Crippen LogP contribution is -2.18. The highest BCUT2D eigenvalue weighted by atomic mass is 28.2. The molecule has 0 saturated heterocycles. The Hall–Kier alpha value is -1.75. The van der Waals surface area contributed by atoms with Crippen LogP contribution in [0.15, 0.2) is 30.5 Å². The molecule has 2 aromatic rings. The van der Waals surface area contributed by atoms with E-state index in [1.165, 1.54) is 101 Å². The fourth-order valence-corrected chi connectivity index (χ4v) is 6.08. The number of hydrogen-bond acceptors (Lipinski definition) is 4. The molecule has 2 radical (unpaired) electrons. The van der Waals surface area contributed by atoms with Crippen molar-refractivity contribution in [3.05, 3.63) is 30.5 Å². The number of aromatic nitrogens is 3. The summed E-state index contributed by atoms with van der Waals surface area (Å²) in [6.07, 6.45) is 21.7. The number of rotatable bonds is 22. The average molecular weight is 524 g/mol. The van der Waals surface area contributed by atoms with Crippen LogP contribution in [0.1, 0.15) is 124 Å². The van der Waals surface area contributed by atoms with Gasteiger partial charge in [-0.15, -0.1) is 10.2 Å². The summed E-state index contributed by atoms with van der Waals surface area (Å²) in [7, 11) is 0.762. The van der Waals surface area contributed by atoms with Crippen LogP contribution < -0.4 is 9.92 Å². The molecule has 2 rings (SSSR count). The van der Waals surface area contributed by atoms with E-state index in [1.807, 2.05) is 24.4 Å². The molecule has 206 valence electrons. The molecule has 0 aliphatic rings. The van der Waals surface area contributed by atoms with Gasteiger partial charge in [0.1, 0.15) is 5.69 Å². The van der Waals surface area contributed by atoms with Gasteiger partial charge in [0, 0.05) is 12.3 Å². The Morgan fingerprint density at radius 1 is 0.730 bits per heavy atom. The summed E-state index contributed by atoms with van der Waals surface area (Å²) in [4.78, 5) is 4.65. The summed E-state index contributed by atoms with van der Waals surface area (Å²) < 4.78 is 5.81. The Morgan fingerprint density at radius 2 is 1.41 bits per heavy atom. The molecular formula is C32H53N3OSi. The molecule has 0 spiro atoms. The first kappa shape index (κ1) is 31.5. The van der Waals surface area contributed by atoms with E-state index < -0.39 is 0 Å². The van der Waals surface area contributed by atoms with E-state index in [-0.39, 0.29) is 0 Å². The molecule has 5 heteroatoms. The van der Waals surface area contributed by atoms with Gasteiger partial charge in [-0.3, -0.25) is 4.98 Å². The minimum absolute atomic E-state index is 0.613. The Morgan fingerprint density at radius 3 is 2.14 bits per heavy atom. The third-order valence-corrected chi connectivity index (χ3v) is 8.71. The lowest BCUT2D eigenvalue weighted by atomic mass is 9.93. The van der Waals surface area contributed by atoms with Crippen LogP contribution in [0.2, 0.25) is 6.04 Å². The fourth-order valence-electron chi connectivity index (χ4n) is 4.85. The van der Waals surface area contributed by atoms with Gasteiger partial charge >= 0.3 is 0 Å². The standard InChI is InChI=1S/C32H53N3OSi/c1-5-7-9-10-11-13-25-36-31-23-22-29(34-35-31)32-30(21-15-24-33-32)37-26-16-20-28(4)19-14-18-27(3)17-12-8-6-2/h15,21-24,27-28H,5-14,16-20,25-26H2,1-4H3. The summed E-state index contributed by atoms with van der Waals surface area (Å²) in [5.41, 5.74) is 1.82. The van der Waals surface area contributed by atoms with E-state index in [4.69, 9.17) is 4.74 Å². The van der Waals surface area contributed by atoms with Crippen LogP contribution in [0.3, 0.4) is 0 Å². The maximum Gasteiger partial charge on any atom is 0.233 e. The summed E-state index contributed by atoms with van der Waals surface area (Å²) in [5, 5.41) is 10.1. The molecule has 2 atom stereocenters. The van der Waals surface area contributed by atoms with E-state index in [2.05, 4.69) is 48.9 Å². The van der Waals surface area contributed by atoms with Gasteiger partial charge in [-0.25, -0.2) is 0 Å². The lowest BCUT2D eigenvalue weighted by Gasteiger charge is -2.14. The van der Waals surface area contributed by atoms with Crippen LogP contribution >= 0.6 is 0 Å². The SMILES string of the molecule is CCCCCCCCOc1ccc(-c2ncccc2[Si]CCCC(C)CCCC(C)CCCCC)nn1. The second-order valence-electron chi connectivity index (χ2n) is 11.0. The summed E-state index contributed by atoms with van der Waals surface area (Å²) in [6, 6.07) is 9.41. The van der Waals surface area contributed by atoms with Gasteiger partial charge in [0.05, 0.1) is 21.8 Å². The first-order valence-electron chi connectivity index (χ1n) is 15.3. The molecule has 0 N–H and O–H groups in total. The largest absolute Gasteiger partial charge is 0.477 e. The van der Waals surface area contributed by atoms with Crippen molar-refractivity contribution in [3.63, 3.8) is 0 Å². The zero-order valence-electron chi connectivity index (χ0n) is 24.3. The molecule has 0 saturated carbocycles. The molecule has 2 heterocycles. The van der Waals surface area contributed by atoms with Crippen LogP contribution in [-0.4, -0.2) is 31.3 Å². The molecule has 4 nitrogen and oxygen atoms in total. The monoisotopic (exact) mass is 523 g/mol. The Kier molecular flexibility index (Phi) is 17.2. The van der Waals surface area contributed by atoms with Gasteiger partial charge in [-0.05, 0) is 35.6 Å². The molecule has 0 aliphatic carbocycles. The van der Waals surface area contributed by atoms with Crippen molar-refractivity contribution >= 4 is 14.7 Å². The van der Waals surface area contributed by atoms with E-state index in [0.29, 0.717) is 12.5 Å². The Bertz CT molecular complexity index is 814. The second-order valence-corrected chi connectivity index (χ2v) is 12.4. The molecule has 0 aromatic carbocycles. The van der Waals surface area contributed by atoms with Crippen LogP contribution in [0, 0.1) is 11.8 Å². The summed E-state index contributed by atoms with van der Waals surface area (Å²) >= 11 is 0. The number of unbranched alkanes of at least 4 members (excludes halogenated alkanes) is 7. The van der Waals surface area contributed by atoms with Crippen molar-refractivity contribution < 1.29 is 4.74 Å². The number of ether oxygens (including phenoxy) is 1. The minimum Gasteiger partial charge on any atom is -0.477 e. The Balaban J connectivity index is 1.68. The fraction of sp³-hybridized carbons (Fsp3) is 0.719. The molecule has 2 unspecified atom stereocenters. The third kappa shape index (κ3) is 14.1. The van der Waals surface area contributed by atoms with E-state index in [1.54, 1.807) is 0 Å². The topological polar surface area (TPSA) is 47.9 Å². The van der Waals surface area contributed by atoms with Crippen LogP contribution in [-0.2, 0) is 0 Å². The predicted molar refractivity (Wildman–Crippen MR) is 160 cm³/mol. The van der Waals surface area contributed by atoms with Gasteiger partial charge in [-0.1, -0.05) is 130 Å². The molecular weight excluding hydrogens is 470 g/mol. The van der Waals surface area contributed by atoms with Gasteiger partial charge in [0.2, 0.25) is 5.88 Å². The number of nitrogens with zero attached hydrogens (tertiary/aromatic N) is 3. The molecule has 0 aliphatic heterocycles. The van der Waals surface area contributed by atoms with Crippen molar-refractivity contribution in [2.24, 2.45) is 11.8 Å². The smallest absolute Gasteiger partial charge is 0.233 e. The molecule has 0 bridgehead atoms. The van der Waals surface area contributed by atoms with Crippen LogP contribution in [0.5, 0.6) is 5.88 Å². The molecule has 0 amide bonds. The maximum absolute atomic E-state index is 5.81. The minimum atomic E-state index is 0.613. The van der Waals surface area contributed by atoms with E-state index >= 15 is 0 Å². The van der Waals surface area contributed by atoms with Crippen molar-refractivity contribution in [2.45, 2.75) is 130 Å². The molecule has 0 fully saturated rings. The predicted octanol–water partition coefficient (Wildman–Crippen LogP) is 8.83. The third-order valence-electron chi connectivity index (χ3n) is 7.32. The van der Waals surface area contributed by atoms with Gasteiger partial charge in [0.15, 0.2) is 0 Å². The summed E-state index contributed by atoms with van der Waals surface area (Å²) in [5.74, 6) is 2.34. The van der Waals surface area contributed by atoms with Gasteiger partial charge < -0.3 is 4.74 Å². The van der Waals surface area contributed by atoms with E-state index in [9.17, 15) is 0 Å². The maximum atomic E-state index is 5.81. The van der Waals surface area contributed by atoms with Gasteiger partial charge in [-0.2, -0.15) is 0 Å². The number of pyridine rings is 1. The average Bonchev–Trinajstić information content (AvgIpc) is 2.91. The normalized spacial score (nSPS) is 13.0. The van der Waals surface area contributed by atoms with Crippen molar-refractivity contribution in [2.75, 3.05) is 6.61 Å². The van der Waals surface area contributed by atoms with Crippen molar-refractivity contribution in [1.29, 1.82) is 0 Å². The highest BCUT2D eigenvalue weighted by Crippen LogP contribution is 2.21. The zero-order valence-corrected chi connectivity index (χ0v) is 25.3. The first-order chi connectivity index (χ1) is 18.1. The summed E-state index contributed by atoms with van der Waals surface area (Å²) in [6.45, 7) is 10.1. The Labute approximate surface area is 230 Å². The van der Waals surface area contributed by atoms with Crippen LogP contribution in [0.25, 0.3) is 11.4 Å². The number of hydrogen-bond donors (Lipinski definition) is 0. The quantitative estimate of drug-likeness (QED) is 0.114. The van der Waals surface area contributed by atoms with Gasteiger partial charge in [0.25, 0.3) is 0 Å².